The highest BCUT2D eigenvalue weighted by Gasteiger charge is 2.12. The van der Waals surface area contributed by atoms with Crippen molar-refractivity contribution in [1.29, 1.82) is 0 Å². The molecule has 0 unspecified atom stereocenters. The summed E-state index contributed by atoms with van der Waals surface area (Å²) >= 11 is 1.96. The molecule has 0 aromatic heterocycles. The molecule has 0 spiro atoms. The number of rotatable bonds is 3. The number of nitrogens with zero attached hydrogens (tertiary/aromatic N) is 1. The van der Waals surface area contributed by atoms with E-state index in [1.807, 2.05) is 61.0 Å². The normalized spacial score (nSPS) is 9.93. The Kier molecular flexibility index (Phi) is 4.34. The number of halogens is 1. The molecule has 1 rings (SSSR count). The largest absolute Gasteiger partial charge is 0.268 e. The van der Waals surface area contributed by atoms with Crippen LogP contribution in [-0.2, 0) is 0 Å². The number of carbonyl (C=O) groups excluding carboxylic acids is 1. The molecule has 76 valence electrons. The number of carbonyl (C=O) groups is 1. The van der Waals surface area contributed by atoms with E-state index in [-0.39, 0.29) is 5.91 Å². The van der Waals surface area contributed by atoms with Gasteiger partial charge in [0.15, 0.2) is 0 Å². The summed E-state index contributed by atoms with van der Waals surface area (Å²) in [4.78, 5) is 11.8. The Morgan fingerprint density at radius 1 is 1.57 bits per heavy atom. The first-order chi connectivity index (χ1) is 6.69. The molecule has 0 aliphatic carbocycles. The first-order valence-electron chi connectivity index (χ1n) is 4.44. The lowest BCUT2D eigenvalue weighted by Gasteiger charge is -2.17. The molecule has 0 saturated carbocycles. The second kappa shape index (κ2) is 5.31. The number of benzene rings is 1. The zero-order chi connectivity index (χ0) is 10.6. The maximum absolute atomic E-state index is 11.8. The van der Waals surface area contributed by atoms with Crippen molar-refractivity contribution in [1.82, 2.24) is 8.65 Å². The smallest absolute Gasteiger partial charge is 0.268 e. The lowest BCUT2D eigenvalue weighted by atomic mass is 10.1. The quantitative estimate of drug-likeness (QED) is 0.528. The highest BCUT2D eigenvalue weighted by Crippen LogP contribution is 2.06. The van der Waals surface area contributed by atoms with Crippen LogP contribution in [0.1, 0.15) is 22.8 Å². The molecule has 1 aromatic carbocycles. The van der Waals surface area contributed by atoms with Gasteiger partial charge in [-0.3, -0.25) is 9.80 Å². The van der Waals surface area contributed by atoms with E-state index in [0.717, 1.165) is 11.1 Å². The van der Waals surface area contributed by atoms with Gasteiger partial charge < -0.3 is 0 Å². The number of aryl methyl sites for hydroxylation is 1. The average molecular weight is 304 g/mol. The van der Waals surface area contributed by atoms with Crippen molar-refractivity contribution < 1.29 is 4.79 Å². The third-order valence-corrected chi connectivity index (χ3v) is 2.51. The first kappa shape index (κ1) is 11.5. The Hall–Kier alpha value is -0.620. The van der Waals surface area contributed by atoms with Crippen LogP contribution in [0.2, 0.25) is 0 Å². The summed E-state index contributed by atoms with van der Waals surface area (Å²) in [6, 6.07) is 7.58. The fraction of sp³-hybridized carbons (Fsp3) is 0.300. The van der Waals surface area contributed by atoms with Crippen LogP contribution in [0.15, 0.2) is 24.3 Å². The minimum atomic E-state index is 0.00519. The molecule has 0 bridgehead atoms. The van der Waals surface area contributed by atoms with Gasteiger partial charge in [0.1, 0.15) is 0 Å². The van der Waals surface area contributed by atoms with E-state index in [9.17, 15) is 4.79 Å². The Morgan fingerprint density at radius 2 is 2.29 bits per heavy atom. The Morgan fingerprint density at radius 3 is 2.79 bits per heavy atom. The van der Waals surface area contributed by atoms with Crippen LogP contribution < -0.4 is 3.64 Å². The van der Waals surface area contributed by atoms with Gasteiger partial charge >= 0.3 is 0 Å². The zero-order valence-electron chi connectivity index (χ0n) is 8.25. The van der Waals surface area contributed by atoms with Crippen LogP contribution in [0.3, 0.4) is 0 Å². The minimum absolute atomic E-state index is 0.00519. The van der Waals surface area contributed by atoms with E-state index in [0.29, 0.717) is 6.54 Å². The van der Waals surface area contributed by atoms with Crippen LogP contribution in [0.5, 0.6) is 0 Å². The maximum atomic E-state index is 11.8. The Balaban J connectivity index is 2.88. The van der Waals surface area contributed by atoms with Crippen LogP contribution in [-0.4, -0.2) is 17.5 Å². The molecule has 0 heterocycles. The summed E-state index contributed by atoms with van der Waals surface area (Å²) in [7, 11) is 0. The molecule has 1 amide bonds. The number of hydrogen-bond acceptors (Lipinski definition) is 2. The standard InChI is InChI=1S/C10H13IN2O/c1-3-13(12-11)10(14)9-6-4-5-8(2)7-9/h4-7,12H,3H2,1-2H3. The number of hydrogen-bond donors (Lipinski definition) is 1. The fourth-order valence-electron chi connectivity index (χ4n) is 1.18. The lowest BCUT2D eigenvalue weighted by molar-refractivity contribution is 0.0745. The van der Waals surface area contributed by atoms with Crippen LogP contribution >= 0.6 is 22.9 Å². The molecule has 0 aliphatic rings. The van der Waals surface area contributed by atoms with Gasteiger partial charge in [0.2, 0.25) is 0 Å². The van der Waals surface area contributed by atoms with Crippen LogP contribution in [0.25, 0.3) is 0 Å². The second-order valence-corrected chi connectivity index (χ2v) is 3.49. The van der Waals surface area contributed by atoms with Gasteiger partial charge in [0, 0.05) is 35.0 Å². The van der Waals surface area contributed by atoms with E-state index in [1.54, 1.807) is 5.01 Å². The van der Waals surface area contributed by atoms with Gasteiger partial charge in [-0.2, -0.15) is 3.64 Å². The predicted molar refractivity (Wildman–Crippen MR) is 65.0 cm³/mol. The highest BCUT2D eigenvalue weighted by atomic mass is 127. The zero-order valence-corrected chi connectivity index (χ0v) is 10.4. The summed E-state index contributed by atoms with van der Waals surface area (Å²) in [6.45, 7) is 4.56. The number of hydrazine groups is 1. The van der Waals surface area contributed by atoms with Crippen molar-refractivity contribution in [2.75, 3.05) is 6.54 Å². The SMILES string of the molecule is CCN(NI)C(=O)c1cccc(C)c1. The molecule has 0 saturated heterocycles. The number of amides is 1. The van der Waals surface area contributed by atoms with Gasteiger partial charge in [-0.1, -0.05) is 17.7 Å². The third-order valence-electron chi connectivity index (χ3n) is 1.93. The van der Waals surface area contributed by atoms with Crippen molar-refractivity contribution >= 4 is 28.8 Å². The molecule has 0 radical (unpaired) electrons. The predicted octanol–water partition coefficient (Wildman–Crippen LogP) is 2.31. The van der Waals surface area contributed by atoms with Gasteiger partial charge in [0.05, 0.1) is 0 Å². The highest BCUT2D eigenvalue weighted by molar-refractivity contribution is 14.1. The van der Waals surface area contributed by atoms with Crippen molar-refractivity contribution in [2.24, 2.45) is 0 Å². The van der Waals surface area contributed by atoms with Crippen molar-refractivity contribution in [3.8, 4) is 0 Å². The van der Waals surface area contributed by atoms with Gasteiger partial charge in [-0.05, 0) is 26.0 Å². The summed E-state index contributed by atoms with van der Waals surface area (Å²) in [6.07, 6.45) is 0. The van der Waals surface area contributed by atoms with Gasteiger partial charge in [0.25, 0.3) is 5.91 Å². The third kappa shape index (κ3) is 2.68. The molecule has 1 N–H and O–H groups in total. The maximum Gasteiger partial charge on any atom is 0.268 e. The molecule has 0 aliphatic heterocycles. The second-order valence-electron chi connectivity index (χ2n) is 3.00. The van der Waals surface area contributed by atoms with E-state index < -0.39 is 0 Å². The molecular weight excluding hydrogens is 291 g/mol. The Labute approximate surface area is 98.0 Å². The molecule has 4 heteroatoms. The van der Waals surface area contributed by atoms with Crippen molar-refractivity contribution in [3.63, 3.8) is 0 Å². The molecule has 14 heavy (non-hydrogen) atoms. The van der Waals surface area contributed by atoms with Crippen LogP contribution in [0.4, 0.5) is 0 Å². The summed E-state index contributed by atoms with van der Waals surface area (Å²) < 4.78 is 2.82. The van der Waals surface area contributed by atoms with Gasteiger partial charge in [-0.25, -0.2) is 0 Å². The summed E-state index contributed by atoms with van der Waals surface area (Å²) in [5.41, 5.74) is 1.82. The molecule has 3 nitrogen and oxygen atoms in total. The lowest BCUT2D eigenvalue weighted by Crippen LogP contribution is -2.36. The average Bonchev–Trinajstić information content (AvgIpc) is 2.19. The topological polar surface area (TPSA) is 32.3 Å². The monoisotopic (exact) mass is 304 g/mol. The first-order valence-corrected chi connectivity index (χ1v) is 5.51. The van der Waals surface area contributed by atoms with Crippen molar-refractivity contribution in [3.05, 3.63) is 35.4 Å². The van der Waals surface area contributed by atoms with E-state index in [2.05, 4.69) is 3.64 Å². The summed E-state index contributed by atoms with van der Waals surface area (Å²) in [5.74, 6) is 0.00519. The Bertz CT molecular complexity index is 324. The number of nitrogens with one attached hydrogen (secondary N) is 1. The molecular formula is C10H13IN2O. The fourth-order valence-corrected chi connectivity index (χ4v) is 1.74. The van der Waals surface area contributed by atoms with E-state index in [1.165, 1.54) is 0 Å². The van der Waals surface area contributed by atoms with E-state index in [4.69, 9.17) is 0 Å². The minimum Gasteiger partial charge on any atom is -0.268 e. The molecule has 1 aromatic rings. The molecule has 0 atom stereocenters. The van der Waals surface area contributed by atoms with E-state index >= 15 is 0 Å². The van der Waals surface area contributed by atoms with Crippen LogP contribution in [0, 0.1) is 6.92 Å². The van der Waals surface area contributed by atoms with Gasteiger partial charge in [-0.15, -0.1) is 0 Å². The van der Waals surface area contributed by atoms with Crippen molar-refractivity contribution in [2.45, 2.75) is 13.8 Å². The summed E-state index contributed by atoms with van der Waals surface area (Å²) in [5, 5.41) is 1.56. The molecule has 0 fully saturated rings.